The molecule has 0 amide bonds. The number of methoxy groups -OCH3 is 2. The molecule has 4 heteroatoms. The summed E-state index contributed by atoms with van der Waals surface area (Å²) in [4.78, 5) is 6.92. The van der Waals surface area contributed by atoms with Gasteiger partial charge in [0.25, 0.3) is 0 Å². The standard InChI is InChI=1S/C18H22N2O2/c1-21-17-8-9-18(22-2)14(11-17)12-20(16-6-7-16)13-15-5-3-4-10-19-15/h3-5,8-11,16H,6-7,12-13H2,1-2H3. The summed E-state index contributed by atoms with van der Waals surface area (Å²) in [5, 5.41) is 0. The summed E-state index contributed by atoms with van der Waals surface area (Å²) in [6.45, 7) is 1.72. The lowest BCUT2D eigenvalue weighted by atomic mass is 10.1. The van der Waals surface area contributed by atoms with Crippen molar-refractivity contribution in [2.45, 2.75) is 32.0 Å². The quantitative estimate of drug-likeness (QED) is 0.786. The van der Waals surface area contributed by atoms with Gasteiger partial charge in [0.2, 0.25) is 0 Å². The highest BCUT2D eigenvalue weighted by molar-refractivity contribution is 5.40. The lowest BCUT2D eigenvalue weighted by Crippen LogP contribution is -2.25. The molecule has 0 saturated heterocycles. The SMILES string of the molecule is COc1ccc(OC)c(CN(Cc2ccccn2)C2CC2)c1. The lowest BCUT2D eigenvalue weighted by molar-refractivity contribution is 0.238. The molecule has 2 aromatic rings. The minimum Gasteiger partial charge on any atom is -0.497 e. The van der Waals surface area contributed by atoms with Crippen LogP contribution in [0.25, 0.3) is 0 Å². The first-order valence-electron chi connectivity index (χ1n) is 7.65. The van der Waals surface area contributed by atoms with Gasteiger partial charge in [-0.25, -0.2) is 0 Å². The first kappa shape index (κ1) is 14.9. The largest absolute Gasteiger partial charge is 0.497 e. The van der Waals surface area contributed by atoms with E-state index in [0.29, 0.717) is 6.04 Å². The van der Waals surface area contributed by atoms with E-state index in [1.165, 1.54) is 12.8 Å². The third-order valence-electron chi connectivity index (χ3n) is 4.02. The third-order valence-corrected chi connectivity index (χ3v) is 4.02. The molecule has 1 aliphatic carbocycles. The second-order valence-corrected chi connectivity index (χ2v) is 5.64. The second kappa shape index (κ2) is 6.79. The Labute approximate surface area is 131 Å². The summed E-state index contributed by atoms with van der Waals surface area (Å²) in [5.74, 6) is 1.77. The smallest absolute Gasteiger partial charge is 0.123 e. The molecule has 22 heavy (non-hydrogen) atoms. The summed E-state index contributed by atoms with van der Waals surface area (Å²) < 4.78 is 10.8. The van der Waals surface area contributed by atoms with E-state index in [2.05, 4.69) is 22.0 Å². The lowest BCUT2D eigenvalue weighted by Gasteiger charge is -2.23. The molecule has 4 nitrogen and oxygen atoms in total. The minimum atomic E-state index is 0.651. The van der Waals surface area contributed by atoms with Gasteiger partial charge >= 0.3 is 0 Å². The van der Waals surface area contributed by atoms with E-state index in [4.69, 9.17) is 9.47 Å². The van der Waals surface area contributed by atoms with Gasteiger partial charge < -0.3 is 9.47 Å². The molecule has 1 aromatic carbocycles. The second-order valence-electron chi connectivity index (χ2n) is 5.64. The first-order chi connectivity index (χ1) is 10.8. The third kappa shape index (κ3) is 3.57. The van der Waals surface area contributed by atoms with Crippen molar-refractivity contribution in [3.05, 3.63) is 53.9 Å². The van der Waals surface area contributed by atoms with Crippen LogP contribution >= 0.6 is 0 Å². The number of benzene rings is 1. The van der Waals surface area contributed by atoms with E-state index in [-0.39, 0.29) is 0 Å². The van der Waals surface area contributed by atoms with Crippen LogP contribution in [0.4, 0.5) is 0 Å². The van der Waals surface area contributed by atoms with Crippen LogP contribution in [-0.2, 0) is 13.1 Å². The van der Waals surface area contributed by atoms with Crippen molar-refractivity contribution in [2.75, 3.05) is 14.2 Å². The molecule has 1 saturated carbocycles. The van der Waals surface area contributed by atoms with Crippen molar-refractivity contribution >= 4 is 0 Å². The Balaban J connectivity index is 1.79. The molecule has 0 spiro atoms. The summed E-state index contributed by atoms with van der Waals surface area (Å²) in [6, 6.07) is 12.7. The maximum atomic E-state index is 5.50. The number of aromatic nitrogens is 1. The van der Waals surface area contributed by atoms with Crippen LogP contribution in [0.1, 0.15) is 24.1 Å². The summed E-state index contributed by atoms with van der Waals surface area (Å²) in [6.07, 6.45) is 4.38. The normalized spacial score (nSPS) is 14.1. The number of hydrogen-bond acceptors (Lipinski definition) is 4. The Bertz CT molecular complexity index is 612. The van der Waals surface area contributed by atoms with Crippen molar-refractivity contribution in [3.8, 4) is 11.5 Å². The van der Waals surface area contributed by atoms with Gasteiger partial charge in [-0.15, -0.1) is 0 Å². The minimum absolute atomic E-state index is 0.651. The number of rotatable bonds is 7. The molecule has 1 heterocycles. The molecule has 0 aliphatic heterocycles. The fourth-order valence-electron chi connectivity index (χ4n) is 2.68. The Hall–Kier alpha value is -2.07. The van der Waals surface area contributed by atoms with E-state index in [9.17, 15) is 0 Å². The van der Waals surface area contributed by atoms with Gasteiger partial charge in [-0.05, 0) is 43.2 Å². The topological polar surface area (TPSA) is 34.6 Å². The van der Waals surface area contributed by atoms with E-state index < -0.39 is 0 Å². The highest BCUT2D eigenvalue weighted by atomic mass is 16.5. The fraction of sp³-hybridized carbons (Fsp3) is 0.389. The molecule has 0 unspecified atom stereocenters. The monoisotopic (exact) mass is 298 g/mol. The highest BCUT2D eigenvalue weighted by Gasteiger charge is 2.29. The van der Waals surface area contributed by atoms with Crippen LogP contribution < -0.4 is 9.47 Å². The maximum Gasteiger partial charge on any atom is 0.123 e. The van der Waals surface area contributed by atoms with Crippen LogP contribution in [0.2, 0.25) is 0 Å². The Kier molecular flexibility index (Phi) is 4.59. The van der Waals surface area contributed by atoms with Crippen molar-refractivity contribution < 1.29 is 9.47 Å². The molecule has 1 aliphatic rings. The molecule has 1 aromatic heterocycles. The van der Waals surface area contributed by atoms with Crippen LogP contribution in [0, 0.1) is 0 Å². The molecule has 0 N–H and O–H groups in total. The van der Waals surface area contributed by atoms with Gasteiger partial charge in [0.05, 0.1) is 19.9 Å². The Morgan fingerprint density at radius 3 is 2.59 bits per heavy atom. The van der Waals surface area contributed by atoms with Gasteiger partial charge in [-0.2, -0.15) is 0 Å². The van der Waals surface area contributed by atoms with E-state index in [0.717, 1.165) is 35.8 Å². The number of hydrogen-bond donors (Lipinski definition) is 0. The van der Waals surface area contributed by atoms with Gasteiger partial charge in [0, 0.05) is 30.9 Å². The van der Waals surface area contributed by atoms with Gasteiger partial charge in [0.1, 0.15) is 11.5 Å². The number of pyridine rings is 1. The van der Waals surface area contributed by atoms with Crippen molar-refractivity contribution in [2.24, 2.45) is 0 Å². The predicted octanol–water partition coefficient (Wildman–Crippen LogP) is 3.26. The van der Waals surface area contributed by atoms with Crippen LogP contribution in [0.15, 0.2) is 42.6 Å². The summed E-state index contributed by atoms with van der Waals surface area (Å²) in [5.41, 5.74) is 2.26. The molecule has 0 radical (unpaired) electrons. The summed E-state index contributed by atoms with van der Waals surface area (Å²) >= 11 is 0. The van der Waals surface area contributed by atoms with Gasteiger partial charge in [0.15, 0.2) is 0 Å². The average molecular weight is 298 g/mol. The molecule has 1 fully saturated rings. The summed E-state index contributed by atoms with van der Waals surface area (Å²) in [7, 11) is 3.41. The maximum absolute atomic E-state index is 5.50. The van der Waals surface area contributed by atoms with Crippen molar-refractivity contribution in [1.29, 1.82) is 0 Å². The van der Waals surface area contributed by atoms with Crippen LogP contribution in [-0.4, -0.2) is 30.1 Å². The van der Waals surface area contributed by atoms with Gasteiger partial charge in [-0.3, -0.25) is 9.88 Å². The molecule has 3 rings (SSSR count). The molecular formula is C18H22N2O2. The molecule has 0 atom stereocenters. The van der Waals surface area contributed by atoms with E-state index >= 15 is 0 Å². The van der Waals surface area contributed by atoms with Crippen molar-refractivity contribution in [1.82, 2.24) is 9.88 Å². The number of ether oxygens (including phenoxy) is 2. The zero-order chi connectivity index (χ0) is 15.4. The average Bonchev–Trinajstić information content (AvgIpc) is 3.40. The van der Waals surface area contributed by atoms with Crippen molar-refractivity contribution in [3.63, 3.8) is 0 Å². The van der Waals surface area contributed by atoms with Gasteiger partial charge in [-0.1, -0.05) is 6.07 Å². The Morgan fingerprint density at radius 1 is 1.09 bits per heavy atom. The zero-order valence-electron chi connectivity index (χ0n) is 13.2. The first-order valence-corrected chi connectivity index (χ1v) is 7.65. The molecular weight excluding hydrogens is 276 g/mol. The fourth-order valence-corrected chi connectivity index (χ4v) is 2.68. The number of nitrogens with zero attached hydrogens (tertiary/aromatic N) is 2. The highest BCUT2D eigenvalue weighted by Crippen LogP contribution is 2.32. The van der Waals surface area contributed by atoms with Crippen LogP contribution in [0.5, 0.6) is 11.5 Å². The zero-order valence-corrected chi connectivity index (χ0v) is 13.2. The van der Waals surface area contributed by atoms with E-state index in [1.807, 2.05) is 30.5 Å². The Morgan fingerprint density at radius 2 is 1.95 bits per heavy atom. The predicted molar refractivity (Wildman–Crippen MR) is 86.1 cm³/mol. The molecule has 0 bridgehead atoms. The van der Waals surface area contributed by atoms with Crippen LogP contribution in [0.3, 0.4) is 0 Å². The van der Waals surface area contributed by atoms with E-state index in [1.54, 1.807) is 14.2 Å². The molecule has 116 valence electrons.